The van der Waals surface area contributed by atoms with Crippen LogP contribution in [0.5, 0.6) is 0 Å². The van der Waals surface area contributed by atoms with Gasteiger partial charge >= 0.3 is 6.03 Å². The number of amides is 4. The van der Waals surface area contributed by atoms with Crippen molar-refractivity contribution in [3.05, 3.63) is 44.3 Å². The van der Waals surface area contributed by atoms with Crippen LogP contribution >= 0.6 is 22.7 Å². The minimum Gasteiger partial charge on any atom is -0.329 e. The number of urea groups is 1. The summed E-state index contributed by atoms with van der Waals surface area (Å²) in [7, 11) is 1.57. The van der Waals surface area contributed by atoms with Crippen LogP contribution in [0.3, 0.4) is 0 Å². The summed E-state index contributed by atoms with van der Waals surface area (Å²) in [5, 5.41) is 4.06. The van der Waals surface area contributed by atoms with E-state index in [0.29, 0.717) is 6.54 Å². The van der Waals surface area contributed by atoms with Crippen molar-refractivity contribution in [1.82, 2.24) is 14.7 Å². The smallest absolute Gasteiger partial charge is 0.327 e. The van der Waals surface area contributed by atoms with Crippen LogP contribution in [-0.4, -0.2) is 59.2 Å². The van der Waals surface area contributed by atoms with Gasteiger partial charge in [0, 0.05) is 23.3 Å². The minimum atomic E-state index is -0.403. The van der Waals surface area contributed by atoms with Gasteiger partial charge in [-0.1, -0.05) is 6.07 Å². The number of thiophene rings is 2. The second-order valence-electron chi connectivity index (χ2n) is 6.17. The zero-order valence-corrected chi connectivity index (χ0v) is 15.3. The number of rotatable bonds is 3. The molecule has 2 aliphatic rings. The molecule has 4 rings (SSSR count). The molecule has 8 heteroatoms. The van der Waals surface area contributed by atoms with Crippen LogP contribution in [0.1, 0.15) is 21.4 Å². The highest BCUT2D eigenvalue weighted by Crippen LogP contribution is 2.39. The molecule has 2 aliphatic heterocycles. The standard InChI is InChI=1S/C17H17N3O3S2/c1-18-9-14(21)20(17(18)23)10-15(22)19-6-4-12-11(5-8-25-12)16(19)13-3-2-7-24-13/h2-3,5,7-8,16H,4,6,9-10H2,1H3/t16-/m0/s1. The molecule has 0 aromatic carbocycles. The average Bonchev–Trinajstić information content (AvgIpc) is 3.32. The highest BCUT2D eigenvalue weighted by molar-refractivity contribution is 7.10. The second kappa shape index (κ2) is 6.27. The largest absolute Gasteiger partial charge is 0.329 e. The number of hydrogen-bond acceptors (Lipinski definition) is 5. The predicted molar refractivity (Wildman–Crippen MR) is 95.6 cm³/mol. The first kappa shape index (κ1) is 16.3. The van der Waals surface area contributed by atoms with E-state index in [0.717, 1.165) is 21.8 Å². The van der Waals surface area contributed by atoms with Gasteiger partial charge in [0.2, 0.25) is 5.91 Å². The fourth-order valence-corrected chi connectivity index (χ4v) is 5.15. The number of likely N-dealkylation sites (N-methyl/N-ethyl adjacent to an activating group) is 1. The number of carbonyl (C=O) groups is 3. The molecule has 6 nitrogen and oxygen atoms in total. The van der Waals surface area contributed by atoms with Crippen LogP contribution in [-0.2, 0) is 16.0 Å². The normalized spacial score (nSPS) is 20.4. The van der Waals surface area contributed by atoms with Crippen molar-refractivity contribution in [2.75, 3.05) is 26.7 Å². The first-order valence-electron chi connectivity index (χ1n) is 8.01. The Balaban J connectivity index is 1.61. The molecule has 4 heterocycles. The Bertz CT molecular complexity index is 830. The number of nitrogens with zero attached hydrogens (tertiary/aromatic N) is 3. The molecular weight excluding hydrogens is 358 g/mol. The third kappa shape index (κ3) is 2.75. The van der Waals surface area contributed by atoms with Gasteiger partial charge in [0.25, 0.3) is 5.91 Å². The molecule has 130 valence electrons. The highest BCUT2D eigenvalue weighted by Gasteiger charge is 2.39. The SMILES string of the molecule is CN1CC(=O)N(CC(=O)N2CCc3sccc3[C@H]2c2cccs2)C1=O. The van der Waals surface area contributed by atoms with Crippen molar-refractivity contribution in [2.24, 2.45) is 0 Å². The van der Waals surface area contributed by atoms with E-state index < -0.39 is 6.03 Å². The quantitative estimate of drug-likeness (QED) is 0.773. The molecule has 0 saturated carbocycles. The molecule has 1 atom stereocenters. The second-order valence-corrected chi connectivity index (χ2v) is 8.15. The zero-order chi connectivity index (χ0) is 17.6. The summed E-state index contributed by atoms with van der Waals surface area (Å²) >= 11 is 3.33. The lowest BCUT2D eigenvalue weighted by atomic mass is 9.98. The van der Waals surface area contributed by atoms with Crippen LogP contribution in [0.2, 0.25) is 0 Å². The maximum atomic E-state index is 13.0. The molecule has 1 saturated heterocycles. The lowest BCUT2D eigenvalue weighted by Crippen LogP contribution is -2.46. The summed E-state index contributed by atoms with van der Waals surface area (Å²) in [5.41, 5.74) is 1.16. The van der Waals surface area contributed by atoms with E-state index in [2.05, 4.69) is 11.4 Å². The molecule has 2 aromatic heterocycles. The van der Waals surface area contributed by atoms with Gasteiger partial charge in [-0.3, -0.25) is 14.5 Å². The van der Waals surface area contributed by atoms with Crippen molar-refractivity contribution in [2.45, 2.75) is 12.5 Å². The van der Waals surface area contributed by atoms with Gasteiger partial charge in [-0.15, -0.1) is 22.7 Å². The van der Waals surface area contributed by atoms with Gasteiger partial charge in [-0.25, -0.2) is 4.79 Å². The van der Waals surface area contributed by atoms with Crippen molar-refractivity contribution >= 4 is 40.5 Å². The van der Waals surface area contributed by atoms with Gasteiger partial charge in [-0.05, 0) is 34.9 Å². The van der Waals surface area contributed by atoms with Crippen molar-refractivity contribution in [1.29, 1.82) is 0 Å². The molecule has 0 aliphatic carbocycles. The number of imide groups is 1. The lowest BCUT2D eigenvalue weighted by Gasteiger charge is -2.36. The number of fused-ring (bicyclic) bond motifs is 1. The van der Waals surface area contributed by atoms with Gasteiger partial charge in [0.05, 0.1) is 6.04 Å². The average molecular weight is 375 g/mol. The summed E-state index contributed by atoms with van der Waals surface area (Å²) in [5.74, 6) is -0.506. The maximum absolute atomic E-state index is 13.0. The maximum Gasteiger partial charge on any atom is 0.327 e. The van der Waals surface area contributed by atoms with Crippen molar-refractivity contribution in [3.63, 3.8) is 0 Å². The Hall–Kier alpha value is -2.19. The van der Waals surface area contributed by atoms with E-state index in [1.807, 2.05) is 17.5 Å². The minimum absolute atomic E-state index is 0.0369. The van der Waals surface area contributed by atoms with Crippen molar-refractivity contribution < 1.29 is 14.4 Å². The highest BCUT2D eigenvalue weighted by atomic mass is 32.1. The fraction of sp³-hybridized carbons (Fsp3) is 0.353. The van der Waals surface area contributed by atoms with Gasteiger partial charge in [-0.2, -0.15) is 0 Å². The number of hydrogen-bond donors (Lipinski definition) is 0. The summed E-state index contributed by atoms with van der Waals surface area (Å²) in [6.45, 7) is 0.444. The topological polar surface area (TPSA) is 60.9 Å². The Labute approximate surface area is 153 Å². The summed E-state index contributed by atoms with van der Waals surface area (Å²) < 4.78 is 0. The van der Waals surface area contributed by atoms with E-state index >= 15 is 0 Å². The monoisotopic (exact) mass is 375 g/mol. The predicted octanol–water partition coefficient (Wildman–Crippen LogP) is 2.18. The Morgan fingerprint density at radius 2 is 2.08 bits per heavy atom. The van der Waals surface area contributed by atoms with Crippen LogP contribution in [0.25, 0.3) is 0 Å². The molecule has 0 unspecified atom stereocenters. The first-order chi connectivity index (χ1) is 12.1. The summed E-state index contributed by atoms with van der Waals surface area (Å²) in [6, 6.07) is 5.55. The molecule has 0 N–H and O–H groups in total. The summed E-state index contributed by atoms with van der Waals surface area (Å²) in [4.78, 5) is 43.6. The van der Waals surface area contributed by atoms with Gasteiger partial charge in [0.1, 0.15) is 13.1 Å². The molecular formula is C17H17N3O3S2. The molecule has 0 bridgehead atoms. The van der Waals surface area contributed by atoms with E-state index in [1.165, 1.54) is 9.78 Å². The molecule has 0 radical (unpaired) electrons. The van der Waals surface area contributed by atoms with Gasteiger partial charge < -0.3 is 9.80 Å². The van der Waals surface area contributed by atoms with Gasteiger partial charge in [0.15, 0.2) is 0 Å². The summed E-state index contributed by atoms with van der Waals surface area (Å²) in [6.07, 6.45) is 0.808. The van der Waals surface area contributed by atoms with Crippen molar-refractivity contribution in [3.8, 4) is 0 Å². The molecule has 1 fully saturated rings. The molecule has 2 aromatic rings. The van der Waals surface area contributed by atoms with Crippen LogP contribution in [0.4, 0.5) is 4.79 Å². The third-order valence-corrected chi connectivity index (χ3v) is 6.54. The Morgan fingerprint density at radius 3 is 2.76 bits per heavy atom. The zero-order valence-electron chi connectivity index (χ0n) is 13.7. The van der Waals surface area contributed by atoms with E-state index in [1.54, 1.807) is 34.6 Å². The lowest BCUT2D eigenvalue weighted by molar-refractivity contribution is -0.138. The third-order valence-electron chi connectivity index (χ3n) is 4.62. The molecule has 0 spiro atoms. The Kier molecular flexibility index (Phi) is 4.09. The van der Waals surface area contributed by atoms with E-state index in [9.17, 15) is 14.4 Å². The van der Waals surface area contributed by atoms with Crippen LogP contribution < -0.4 is 0 Å². The number of carbonyl (C=O) groups excluding carboxylic acids is 3. The molecule has 25 heavy (non-hydrogen) atoms. The van der Waals surface area contributed by atoms with E-state index in [-0.39, 0.29) is 30.9 Å². The van der Waals surface area contributed by atoms with Crippen LogP contribution in [0, 0.1) is 0 Å². The fourth-order valence-electron chi connectivity index (χ4n) is 3.39. The Morgan fingerprint density at radius 1 is 1.24 bits per heavy atom. The molecule has 4 amide bonds. The van der Waals surface area contributed by atoms with Crippen LogP contribution in [0.15, 0.2) is 29.0 Å². The first-order valence-corrected chi connectivity index (χ1v) is 9.77. The van der Waals surface area contributed by atoms with E-state index in [4.69, 9.17) is 0 Å².